The van der Waals surface area contributed by atoms with Gasteiger partial charge in [-0.3, -0.25) is 0 Å². The van der Waals surface area contributed by atoms with E-state index in [1.54, 1.807) is 0 Å². The van der Waals surface area contributed by atoms with Crippen molar-refractivity contribution < 1.29 is 0 Å². The van der Waals surface area contributed by atoms with Crippen LogP contribution in [0.2, 0.25) is 0 Å². The summed E-state index contributed by atoms with van der Waals surface area (Å²) < 4.78 is 0. The summed E-state index contributed by atoms with van der Waals surface area (Å²) in [6.07, 6.45) is 10.0. The van der Waals surface area contributed by atoms with Crippen LogP contribution >= 0.6 is 0 Å². The second kappa shape index (κ2) is 7.97. The fourth-order valence-electron chi connectivity index (χ4n) is 4.76. The van der Waals surface area contributed by atoms with Crippen LogP contribution < -0.4 is 5.32 Å². The SMILES string of the molecule is CCN1CCC(C(C)NCC2(CC(C)C)CCCC2)CC1. The van der Waals surface area contributed by atoms with Gasteiger partial charge in [-0.05, 0) is 75.9 Å². The Balaban J connectivity index is 1.78. The normalized spacial score (nSPS) is 25.6. The highest BCUT2D eigenvalue weighted by Gasteiger charge is 2.35. The van der Waals surface area contributed by atoms with Gasteiger partial charge < -0.3 is 10.2 Å². The van der Waals surface area contributed by atoms with Gasteiger partial charge in [-0.25, -0.2) is 0 Å². The lowest BCUT2D eigenvalue weighted by atomic mass is 9.78. The first-order valence-electron chi connectivity index (χ1n) is 9.50. The highest BCUT2D eigenvalue weighted by molar-refractivity contribution is 4.89. The minimum absolute atomic E-state index is 0.618. The zero-order chi connectivity index (χ0) is 15.3. The molecule has 0 aromatic rings. The fraction of sp³-hybridized carbons (Fsp3) is 1.00. The first-order chi connectivity index (χ1) is 10.0. The maximum Gasteiger partial charge on any atom is 0.00681 e. The quantitative estimate of drug-likeness (QED) is 0.753. The van der Waals surface area contributed by atoms with E-state index in [4.69, 9.17) is 0 Å². The molecule has 2 fully saturated rings. The fourth-order valence-corrected chi connectivity index (χ4v) is 4.76. The third-order valence-corrected chi connectivity index (χ3v) is 6.09. The van der Waals surface area contributed by atoms with Crippen molar-refractivity contribution in [3.63, 3.8) is 0 Å². The standard InChI is InChI=1S/C19H38N2/c1-5-21-12-8-18(9-13-21)17(4)20-15-19(14-16(2)3)10-6-7-11-19/h16-18,20H,5-15H2,1-4H3. The summed E-state index contributed by atoms with van der Waals surface area (Å²) in [5.41, 5.74) is 0.618. The van der Waals surface area contributed by atoms with Crippen LogP contribution in [0.1, 0.15) is 72.6 Å². The van der Waals surface area contributed by atoms with E-state index in [9.17, 15) is 0 Å². The summed E-state index contributed by atoms with van der Waals surface area (Å²) in [5.74, 6) is 1.73. The molecule has 124 valence electrons. The molecule has 2 nitrogen and oxygen atoms in total. The van der Waals surface area contributed by atoms with Crippen molar-refractivity contribution in [2.75, 3.05) is 26.2 Å². The van der Waals surface area contributed by atoms with Crippen molar-refractivity contribution in [3.05, 3.63) is 0 Å². The molecule has 1 aliphatic heterocycles. The Hall–Kier alpha value is -0.0800. The van der Waals surface area contributed by atoms with Gasteiger partial charge in [0.1, 0.15) is 0 Å². The van der Waals surface area contributed by atoms with E-state index in [2.05, 4.69) is 37.9 Å². The third-order valence-electron chi connectivity index (χ3n) is 6.09. The molecule has 1 heterocycles. The van der Waals surface area contributed by atoms with E-state index in [1.807, 2.05) is 0 Å². The zero-order valence-corrected chi connectivity index (χ0v) is 15.0. The van der Waals surface area contributed by atoms with Crippen LogP contribution in [0.15, 0.2) is 0 Å². The second-order valence-electron chi connectivity index (χ2n) is 8.25. The van der Waals surface area contributed by atoms with Gasteiger partial charge in [0.2, 0.25) is 0 Å². The van der Waals surface area contributed by atoms with E-state index >= 15 is 0 Å². The second-order valence-corrected chi connectivity index (χ2v) is 8.25. The minimum atomic E-state index is 0.618. The number of nitrogens with zero attached hydrogens (tertiary/aromatic N) is 1. The van der Waals surface area contributed by atoms with Crippen LogP contribution in [0.4, 0.5) is 0 Å². The number of piperidine rings is 1. The Morgan fingerprint density at radius 1 is 1.10 bits per heavy atom. The first kappa shape index (κ1) is 17.3. The van der Waals surface area contributed by atoms with Crippen molar-refractivity contribution >= 4 is 0 Å². The Morgan fingerprint density at radius 2 is 1.71 bits per heavy atom. The van der Waals surface area contributed by atoms with Gasteiger partial charge in [0.05, 0.1) is 0 Å². The lowest BCUT2D eigenvalue weighted by Gasteiger charge is -2.37. The molecule has 2 aliphatic rings. The summed E-state index contributed by atoms with van der Waals surface area (Å²) in [6.45, 7) is 14.6. The molecule has 1 N–H and O–H groups in total. The number of nitrogens with one attached hydrogen (secondary N) is 1. The monoisotopic (exact) mass is 294 g/mol. The Labute approximate surface area is 133 Å². The molecule has 0 bridgehead atoms. The predicted octanol–water partition coefficient (Wildman–Crippen LogP) is 4.30. The molecule has 1 saturated heterocycles. The zero-order valence-electron chi connectivity index (χ0n) is 15.0. The summed E-state index contributed by atoms with van der Waals surface area (Å²) in [5, 5.41) is 3.95. The van der Waals surface area contributed by atoms with Crippen molar-refractivity contribution in [1.82, 2.24) is 10.2 Å². The number of rotatable bonds is 7. The van der Waals surface area contributed by atoms with E-state index in [-0.39, 0.29) is 0 Å². The highest BCUT2D eigenvalue weighted by Crippen LogP contribution is 2.42. The Morgan fingerprint density at radius 3 is 2.24 bits per heavy atom. The lowest BCUT2D eigenvalue weighted by molar-refractivity contribution is 0.153. The molecule has 1 saturated carbocycles. The van der Waals surface area contributed by atoms with Crippen LogP contribution in [0.25, 0.3) is 0 Å². The number of hydrogen-bond acceptors (Lipinski definition) is 2. The van der Waals surface area contributed by atoms with Crippen molar-refractivity contribution in [1.29, 1.82) is 0 Å². The maximum atomic E-state index is 3.95. The van der Waals surface area contributed by atoms with E-state index in [0.717, 1.165) is 11.8 Å². The molecule has 0 aromatic heterocycles. The molecule has 1 unspecified atom stereocenters. The molecular weight excluding hydrogens is 256 g/mol. The van der Waals surface area contributed by atoms with Crippen molar-refractivity contribution in [2.24, 2.45) is 17.3 Å². The smallest absolute Gasteiger partial charge is 0.00681 e. The van der Waals surface area contributed by atoms with Gasteiger partial charge in [-0.2, -0.15) is 0 Å². The molecule has 1 atom stereocenters. The van der Waals surface area contributed by atoms with E-state index < -0.39 is 0 Å². The largest absolute Gasteiger partial charge is 0.313 e. The van der Waals surface area contributed by atoms with Gasteiger partial charge in [0.25, 0.3) is 0 Å². The predicted molar refractivity (Wildman–Crippen MR) is 92.7 cm³/mol. The van der Waals surface area contributed by atoms with Crippen LogP contribution in [0.3, 0.4) is 0 Å². The first-order valence-corrected chi connectivity index (χ1v) is 9.50. The summed E-state index contributed by atoms with van der Waals surface area (Å²) >= 11 is 0. The molecule has 1 aliphatic carbocycles. The van der Waals surface area contributed by atoms with E-state index in [0.29, 0.717) is 11.5 Å². The average Bonchev–Trinajstić information content (AvgIpc) is 2.93. The Kier molecular flexibility index (Phi) is 6.55. The molecule has 0 amide bonds. The molecule has 2 heteroatoms. The molecule has 0 aromatic carbocycles. The van der Waals surface area contributed by atoms with Gasteiger partial charge in [-0.1, -0.05) is 33.6 Å². The average molecular weight is 295 g/mol. The van der Waals surface area contributed by atoms with Gasteiger partial charge in [0, 0.05) is 12.6 Å². The third kappa shape index (κ3) is 4.96. The summed E-state index contributed by atoms with van der Waals surface area (Å²) in [6, 6.07) is 0.702. The van der Waals surface area contributed by atoms with Crippen molar-refractivity contribution in [2.45, 2.75) is 78.7 Å². The van der Waals surface area contributed by atoms with Crippen LogP contribution in [-0.2, 0) is 0 Å². The van der Waals surface area contributed by atoms with Crippen molar-refractivity contribution in [3.8, 4) is 0 Å². The number of likely N-dealkylation sites (tertiary alicyclic amines) is 1. The maximum absolute atomic E-state index is 3.95. The summed E-state index contributed by atoms with van der Waals surface area (Å²) in [7, 11) is 0. The van der Waals surface area contributed by atoms with Crippen LogP contribution in [-0.4, -0.2) is 37.1 Å². The molecular formula is C19H38N2. The molecule has 0 spiro atoms. The molecule has 0 radical (unpaired) electrons. The topological polar surface area (TPSA) is 15.3 Å². The Bertz CT molecular complexity index is 286. The summed E-state index contributed by atoms with van der Waals surface area (Å²) in [4.78, 5) is 2.60. The molecule has 21 heavy (non-hydrogen) atoms. The van der Waals surface area contributed by atoms with Gasteiger partial charge in [0.15, 0.2) is 0 Å². The van der Waals surface area contributed by atoms with Crippen LogP contribution in [0.5, 0.6) is 0 Å². The highest BCUT2D eigenvalue weighted by atomic mass is 15.1. The minimum Gasteiger partial charge on any atom is -0.313 e. The van der Waals surface area contributed by atoms with Crippen LogP contribution in [0, 0.1) is 17.3 Å². The lowest BCUT2D eigenvalue weighted by Crippen LogP contribution is -2.45. The van der Waals surface area contributed by atoms with E-state index in [1.165, 1.54) is 71.1 Å². The van der Waals surface area contributed by atoms with Gasteiger partial charge >= 0.3 is 0 Å². The number of hydrogen-bond donors (Lipinski definition) is 1. The molecule has 2 rings (SSSR count). The van der Waals surface area contributed by atoms with Gasteiger partial charge in [-0.15, -0.1) is 0 Å².